The van der Waals surface area contributed by atoms with Crippen LogP contribution in [0.1, 0.15) is 5.56 Å². The molecule has 0 amide bonds. The maximum Gasteiger partial charge on any atom is 0 e. The van der Waals surface area contributed by atoms with Crippen molar-refractivity contribution >= 4 is 71.5 Å². The average molecular weight is 754 g/mol. The fourth-order valence-electron chi connectivity index (χ4n) is 1.27. The van der Waals surface area contributed by atoms with Gasteiger partial charge in [-0.15, -0.1) is 11.6 Å². The van der Waals surface area contributed by atoms with Crippen LogP contribution in [0.15, 0.2) is 54.6 Å². The number of alkyl halides is 1. The largest absolute Gasteiger partial charge is 0 e. The number of ether oxygens (including phenoxy) is 1. The van der Waals surface area contributed by atoms with Gasteiger partial charge in [0.1, 0.15) is 11.5 Å². The number of rotatable bonds is 3. The van der Waals surface area contributed by atoms with Crippen LogP contribution in [0, 0.1) is 7.43 Å². The molecule has 0 saturated carbocycles. The van der Waals surface area contributed by atoms with Gasteiger partial charge in [0.2, 0.25) is 0 Å². The zero-order chi connectivity index (χ0) is 14.1. The van der Waals surface area contributed by atoms with Crippen molar-refractivity contribution in [1.82, 2.24) is 0 Å². The second-order valence-corrected chi connectivity index (χ2v) is 39.0. The van der Waals surface area contributed by atoms with Crippen molar-refractivity contribution in [2.24, 2.45) is 0 Å². The van der Waals surface area contributed by atoms with E-state index >= 15 is 0 Å². The Balaban J connectivity index is 0. The summed E-state index contributed by atoms with van der Waals surface area (Å²) in [6.45, 7) is 0. The van der Waals surface area contributed by atoms with Crippen molar-refractivity contribution in [2.75, 3.05) is 0 Å². The molecule has 0 saturated heterocycles. The van der Waals surface area contributed by atoms with Gasteiger partial charge in [0.25, 0.3) is 0 Å². The predicted molar refractivity (Wildman–Crippen MR) is 111 cm³/mol. The van der Waals surface area contributed by atoms with Gasteiger partial charge in [-0.3, -0.25) is 0 Å². The Morgan fingerprint density at radius 3 is 1.71 bits per heavy atom. The molecule has 0 aliphatic rings. The molecule has 0 N–H and O–H groups in total. The number of para-hydroxylation sites is 1. The van der Waals surface area contributed by atoms with Crippen molar-refractivity contribution in [3.8, 4) is 11.5 Å². The number of hydrogen-bond donors (Lipinski definition) is 0. The monoisotopic (exact) mass is 754 g/mol. The Labute approximate surface area is 195 Å². The summed E-state index contributed by atoms with van der Waals surface area (Å²) in [4.78, 5) is -0.278. The molecule has 0 aromatic heterocycles. The SMILES string of the molecule is ClCc1ccc(Oc2ccccc2)cc1.[CH3-].[I][V]([I])[I].[Y]. The minimum absolute atomic E-state index is 0. The summed E-state index contributed by atoms with van der Waals surface area (Å²) >= 11 is 13.1. The zero-order valence-corrected chi connectivity index (χ0v) is 22.8. The van der Waals surface area contributed by atoms with Crippen LogP contribution in [-0.2, 0) is 43.5 Å². The Kier molecular flexibility index (Phi) is 19.4. The van der Waals surface area contributed by atoms with E-state index in [9.17, 15) is 0 Å². The van der Waals surface area contributed by atoms with Crippen molar-refractivity contribution in [2.45, 2.75) is 5.88 Å². The van der Waals surface area contributed by atoms with Gasteiger partial charge in [0, 0.05) is 38.6 Å². The molecule has 0 aliphatic carbocycles. The van der Waals surface area contributed by atoms with E-state index in [0.717, 1.165) is 17.1 Å². The molecule has 1 nitrogen and oxygen atoms in total. The van der Waals surface area contributed by atoms with Gasteiger partial charge in [-0.1, -0.05) is 30.3 Å². The minimum Gasteiger partial charge on any atom is 0 e. The smallest absolute Gasteiger partial charge is 0 e. The molecule has 0 fully saturated rings. The van der Waals surface area contributed by atoms with E-state index in [1.165, 1.54) is 0 Å². The van der Waals surface area contributed by atoms with Crippen molar-refractivity contribution < 1.29 is 42.4 Å². The Hall–Kier alpha value is 2.41. The van der Waals surface area contributed by atoms with Crippen LogP contribution in [0.2, 0.25) is 0 Å². The topological polar surface area (TPSA) is 9.23 Å². The third-order valence-electron chi connectivity index (χ3n) is 2.06. The minimum atomic E-state index is -0.278. The molecule has 0 unspecified atom stereocenters. The van der Waals surface area contributed by atoms with Gasteiger partial charge >= 0.3 is 64.9 Å². The summed E-state index contributed by atoms with van der Waals surface area (Å²) in [6.07, 6.45) is 0. The normalized spacial score (nSPS) is 8.81. The van der Waals surface area contributed by atoms with Crippen LogP contribution in [0.5, 0.6) is 11.5 Å². The first kappa shape index (κ1) is 25.6. The second-order valence-electron chi connectivity index (χ2n) is 3.38. The third kappa shape index (κ3) is 13.4. The van der Waals surface area contributed by atoms with E-state index < -0.39 is 0 Å². The van der Waals surface area contributed by atoms with E-state index in [2.05, 4.69) is 59.9 Å². The standard InChI is InChI=1S/C13H11ClO.CH3.3HI.V.Y/c14-10-11-6-8-13(9-7-11)15-12-4-2-1-3-5-12;;;;;;/h1-9H,10H2;1H3;3*1H;;/q;-1;;;;+3;/p-3. The van der Waals surface area contributed by atoms with Crippen molar-refractivity contribution in [3.63, 3.8) is 0 Å². The Morgan fingerprint density at radius 2 is 1.29 bits per heavy atom. The molecular formula is C14H14ClI3OVY-. The molecule has 2 aromatic carbocycles. The van der Waals surface area contributed by atoms with Crippen LogP contribution in [0.3, 0.4) is 0 Å². The first-order valence-electron chi connectivity index (χ1n) is 5.27. The fraction of sp³-hybridized carbons (Fsp3) is 0.0714. The number of benzene rings is 2. The second kappa shape index (κ2) is 15.9. The van der Waals surface area contributed by atoms with Gasteiger partial charge in [-0.25, -0.2) is 0 Å². The molecule has 0 bridgehead atoms. The molecule has 0 heterocycles. The van der Waals surface area contributed by atoms with E-state index in [0.29, 0.717) is 5.88 Å². The molecule has 21 heavy (non-hydrogen) atoms. The summed E-state index contributed by atoms with van der Waals surface area (Å²) in [6, 6.07) is 17.5. The fourth-order valence-corrected chi connectivity index (χ4v) is 1.45. The van der Waals surface area contributed by atoms with Crippen LogP contribution in [0.4, 0.5) is 0 Å². The van der Waals surface area contributed by atoms with E-state index in [4.69, 9.17) is 16.3 Å². The Morgan fingerprint density at radius 1 is 0.857 bits per heavy atom. The van der Waals surface area contributed by atoms with Crippen LogP contribution < -0.4 is 4.74 Å². The quantitative estimate of drug-likeness (QED) is 0.182. The maximum atomic E-state index is 5.70. The van der Waals surface area contributed by atoms with Crippen molar-refractivity contribution in [1.29, 1.82) is 0 Å². The van der Waals surface area contributed by atoms with Gasteiger partial charge < -0.3 is 12.2 Å². The average Bonchev–Trinajstić information content (AvgIpc) is 2.40. The molecule has 7 heteroatoms. The van der Waals surface area contributed by atoms with Crippen LogP contribution >= 0.6 is 71.5 Å². The Bertz CT molecular complexity index is 469. The predicted octanol–water partition coefficient (Wildman–Crippen LogP) is 7.32. The third-order valence-corrected chi connectivity index (χ3v) is 2.37. The van der Waals surface area contributed by atoms with Crippen LogP contribution in [0.25, 0.3) is 0 Å². The van der Waals surface area contributed by atoms with Gasteiger partial charge in [0.05, 0.1) is 0 Å². The van der Waals surface area contributed by atoms with E-state index in [1.54, 1.807) is 0 Å². The van der Waals surface area contributed by atoms with Crippen molar-refractivity contribution in [3.05, 3.63) is 67.6 Å². The summed E-state index contributed by atoms with van der Waals surface area (Å²) in [7, 11) is 0. The molecule has 0 spiro atoms. The molecular weight excluding hydrogens is 740 g/mol. The summed E-state index contributed by atoms with van der Waals surface area (Å²) in [5, 5.41) is 0. The first-order valence-corrected chi connectivity index (χ1v) is 19.3. The first-order chi connectivity index (χ1) is 9.11. The summed E-state index contributed by atoms with van der Waals surface area (Å²) < 4.78 is 5.63. The maximum absolute atomic E-state index is 5.70. The summed E-state index contributed by atoms with van der Waals surface area (Å²) in [5.74, 6) is 2.21. The number of halogens is 4. The molecule has 2 rings (SSSR count). The van der Waals surface area contributed by atoms with Gasteiger partial charge in [-0.05, 0) is 29.8 Å². The molecule has 2 aromatic rings. The summed E-state index contributed by atoms with van der Waals surface area (Å²) in [5.41, 5.74) is 1.09. The van der Waals surface area contributed by atoms with Gasteiger partial charge in [0.15, 0.2) is 0 Å². The van der Waals surface area contributed by atoms with E-state index in [-0.39, 0.29) is 45.1 Å². The molecule has 0 atom stereocenters. The van der Waals surface area contributed by atoms with Crippen LogP contribution in [-0.4, -0.2) is 0 Å². The zero-order valence-electron chi connectivity index (χ0n) is 11.3. The molecule has 113 valence electrons. The number of hydrogen-bond acceptors (Lipinski definition) is 1. The van der Waals surface area contributed by atoms with E-state index in [1.807, 2.05) is 54.6 Å². The molecule has 0 aliphatic heterocycles. The molecule has 1 radical (unpaired) electrons. The van der Waals surface area contributed by atoms with Gasteiger partial charge in [-0.2, -0.15) is 0 Å².